The largest absolute Gasteiger partial charge is 0.395 e. The molecule has 3 rings (SSSR count). The molecule has 3 atom stereocenters. The van der Waals surface area contributed by atoms with Gasteiger partial charge in [0.25, 0.3) is 0 Å². The first-order valence-electron chi connectivity index (χ1n) is 6.60. The maximum Gasteiger partial charge on any atom is 0.165 e. The zero-order chi connectivity index (χ0) is 15.2. The van der Waals surface area contributed by atoms with Gasteiger partial charge in [-0.2, -0.15) is 0 Å². The molecule has 1 saturated carbocycles. The van der Waals surface area contributed by atoms with Crippen molar-refractivity contribution in [3.05, 3.63) is 37.5 Å². The number of hydrogen-bond donors (Lipinski definition) is 3. The van der Waals surface area contributed by atoms with Gasteiger partial charge in [0.15, 0.2) is 11.5 Å². The normalized spacial score (nSPS) is 29.1. The molecule has 1 aliphatic carbocycles. The number of hydrogen-bond acceptors (Lipinski definition) is 6. The van der Waals surface area contributed by atoms with Crippen LogP contribution in [0.4, 0.5) is 5.82 Å². The van der Waals surface area contributed by atoms with Crippen molar-refractivity contribution in [2.75, 3.05) is 12.3 Å². The van der Waals surface area contributed by atoms with Gasteiger partial charge in [0, 0.05) is 0 Å². The van der Waals surface area contributed by atoms with Gasteiger partial charge >= 0.3 is 0 Å². The van der Waals surface area contributed by atoms with E-state index < -0.39 is 11.5 Å². The fraction of sp³-hybridized carbons (Fsp3) is 0.357. The lowest BCUT2D eigenvalue weighted by molar-refractivity contribution is 0.0579. The van der Waals surface area contributed by atoms with Crippen molar-refractivity contribution in [3.63, 3.8) is 0 Å². The van der Waals surface area contributed by atoms with Crippen molar-refractivity contribution in [1.82, 2.24) is 19.5 Å². The third-order valence-corrected chi connectivity index (χ3v) is 4.39. The van der Waals surface area contributed by atoms with Crippen LogP contribution in [0.2, 0.25) is 0 Å². The average Bonchev–Trinajstić information content (AvgIpc) is 3.00. The van der Waals surface area contributed by atoms with Crippen LogP contribution in [0.5, 0.6) is 0 Å². The molecular weight excluding hydrogens is 270 g/mol. The summed E-state index contributed by atoms with van der Waals surface area (Å²) in [4.78, 5) is 12.3. The standard InChI is InChI=1S/C14H17N5O2/c1-3-14(5-20)8(2)9(4-10(14)21)19-7-18-11-12(15)16-6-17-13(11)19/h3,6-7,9-10,20-21H,1-2,4-5H2,(H2,15,16,17). The second-order valence-electron chi connectivity index (χ2n) is 5.28. The second kappa shape index (κ2) is 4.64. The minimum absolute atomic E-state index is 0.232. The molecule has 0 bridgehead atoms. The molecule has 7 nitrogen and oxygen atoms in total. The van der Waals surface area contributed by atoms with E-state index in [1.165, 1.54) is 6.33 Å². The first kappa shape index (κ1) is 13.7. The molecular formula is C14H17N5O2. The molecule has 4 N–H and O–H groups in total. The van der Waals surface area contributed by atoms with Gasteiger partial charge in [-0.15, -0.1) is 6.58 Å². The van der Waals surface area contributed by atoms with Crippen molar-refractivity contribution in [2.45, 2.75) is 18.6 Å². The first-order chi connectivity index (χ1) is 10.0. The van der Waals surface area contributed by atoms with E-state index in [0.29, 0.717) is 29.0 Å². The molecule has 2 heterocycles. The van der Waals surface area contributed by atoms with Crippen LogP contribution in [-0.4, -0.2) is 42.4 Å². The SMILES string of the molecule is C=CC1(CO)C(=C)C(n2cnc3c(N)ncnc32)CC1O. The number of nitrogens with two attached hydrogens (primary N) is 1. The van der Waals surface area contributed by atoms with Crippen molar-refractivity contribution in [3.8, 4) is 0 Å². The maximum absolute atomic E-state index is 10.3. The number of fused-ring (bicyclic) bond motifs is 1. The van der Waals surface area contributed by atoms with Crippen molar-refractivity contribution in [1.29, 1.82) is 0 Å². The smallest absolute Gasteiger partial charge is 0.165 e. The highest BCUT2D eigenvalue weighted by Gasteiger charge is 2.48. The summed E-state index contributed by atoms with van der Waals surface area (Å²) in [6.45, 7) is 7.54. The van der Waals surface area contributed by atoms with Gasteiger partial charge in [0.2, 0.25) is 0 Å². The summed E-state index contributed by atoms with van der Waals surface area (Å²) in [5.74, 6) is 0.306. The molecule has 21 heavy (non-hydrogen) atoms. The maximum atomic E-state index is 10.3. The zero-order valence-electron chi connectivity index (χ0n) is 11.5. The van der Waals surface area contributed by atoms with Crippen molar-refractivity contribution in [2.24, 2.45) is 5.41 Å². The highest BCUT2D eigenvalue weighted by molar-refractivity contribution is 5.81. The van der Waals surface area contributed by atoms with E-state index >= 15 is 0 Å². The van der Waals surface area contributed by atoms with Gasteiger partial charge in [-0.1, -0.05) is 12.7 Å². The van der Waals surface area contributed by atoms with Crippen LogP contribution in [0.1, 0.15) is 12.5 Å². The molecule has 0 aliphatic heterocycles. The van der Waals surface area contributed by atoms with Gasteiger partial charge in [-0.05, 0) is 12.0 Å². The molecule has 3 unspecified atom stereocenters. The van der Waals surface area contributed by atoms with Gasteiger partial charge in [-0.3, -0.25) is 0 Å². The van der Waals surface area contributed by atoms with Crippen molar-refractivity contribution < 1.29 is 10.2 Å². The Kier molecular flexibility index (Phi) is 3.03. The van der Waals surface area contributed by atoms with Crippen LogP contribution >= 0.6 is 0 Å². The summed E-state index contributed by atoms with van der Waals surface area (Å²) in [5.41, 5.74) is 6.66. The summed E-state index contributed by atoms with van der Waals surface area (Å²) in [7, 11) is 0. The fourth-order valence-electron chi connectivity index (χ4n) is 3.01. The first-order valence-corrected chi connectivity index (χ1v) is 6.60. The molecule has 1 fully saturated rings. The van der Waals surface area contributed by atoms with Crippen molar-refractivity contribution >= 4 is 17.0 Å². The summed E-state index contributed by atoms with van der Waals surface area (Å²) in [6, 6.07) is -0.232. The van der Waals surface area contributed by atoms with E-state index in [-0.39, 0.29) is 12.6 Å². The Morgan fingerprint density at radius 3 is 2.86 bits per heavy atom. The molecule has 0 saturated heterocycles. The topological polar surface area (TPSA) is 110 Å². The molecule has 0 spiro atoms. The van der Waals surface area contributed by atoms with Gasteiger partial charge in [0.05, 0.1) is 30.5 Å². The summed E-state index contributed by atoms with van der Waals surface area (Å²) in [6.07, 6.45) is 4.18. The molecule has 0 amide bonds. The third-order valence-electron chi connectivity index (χ3n) is 4.39. The van der Waals surface area contributed by atoms with Crippen LogP contribution < -0.4 is 5.73 Å². The molecule has 0 aromatic carbocycles. The Morgan fingerprint density at radius 1 is 1.48 bits per heavy atom. The Bertz CT molecular complexity index is 725. The van der Waals surface area contributed by atoms with E-state index in [4.69, 9.17) is 5.73 Å². The molecule has 1 aliphatic rings. The highest BCUT2D eigenvalue weighted by Crippen LogP contribution is 2.49. The van der Waals surface area contributed by atoms with E-state index in [9.17, 15) is 10.2 Å². The quantitative estimate of drug-likeness (QED) is 0.706. The Labute approximate surface area is 121 Å². The summed E-state index contributed by atoms with van der Waals surface area (Å²) < 4.78 is 1.81. The minimum Gasteiger partial charge on any atom is -0.395 e. The monoisotopic (exact) mass is 287 g/mol. The van der Waals surface area contributed by atoms with E-state index in [1.54, 1.807) is 17.0 Å². The Morgan fingerprint density at radius 2 is 2.24 bits per heavy atom. The zero-order valence-corrected chi connectivity index (χ0v) is 11.5. The number of imidazole rings is 1. The average molecular weight is 287 g/mol. The lowest BCUT2D eigenvalue weighted by Gasteiger charge is -2.28. The van der Waals surface area contributed by atoms with Crippen LogP contribution in [0.3, 0.4) is 0 Å². The number of rotatable bonds is 3. The number of aliphatic hydroxyl groups is 2. The molecule has 2 aromatic rings. The van der Waals surface area contributed by atoms with Gasteiger partial charge in [-0.25, -0.2) is 15.0 Å². The predicted octanol–water partition coefficient (Wildman–Crippen LogP) is 0.435. The van der Waals surface area contributed by atoms with Crippen LogP contribution in [0.25, 0.3) is 11.2 Å². The number of nitrogen functional groups attached to an aromatic ring is 1. The number of aliphatic hydroxyl groups excluding tert-OH is 2. The minimum atomic E-state index is -0.903. The summed E-state index contributed by atoms with van der Waals surface area (Å²) in [5, 5.41) is 20.0. The number of nitrogens with zero attached hydrogens (tertiary/aromatic N) is 4. The lowest BCUT2D eigenvalue weighted by atomic mass is 9.81. The van der Waals surface area contributed by atoms with E-state index in [2.05, 4.69) is 28.1 Å². The van der Waals surface area contributed by atoms with E-state index in [0.717, 1.165) is 0 Å². The highest BCUT2D eigenvalue weighted by atomic mass is 16.3. The predicted molar refractivity (Wildman–Crippen MR) is 78.3 cm³/mol. The van der Waals surface area contributed by atoms with E-state index in [1.807, 2.05) is 0 Å². The second-order valence-corrected chi connectivity index (χ2v) is 5.28. The molecule has 110 valence electrons. The molecule has 0 radical (unpaired) electrons. The number of anilines is 1. The third kappa shape index (κ3) is 1.71. The fourth-order valence-corrected chi connectivity index (χ4v) is 3.01. The van der Waals surface area contributed by atoms with Crippen LogP contribution in [-0.2, 0) is 0 Å². The number of aromatic nitrogens is 4. The van der Waals surface area contributed by atoms with Gasteiger partial charge in [0.1, 0.15) is 11.8 Å². The molecule has 7 heteroatoms. The van der Waals surface area contributed by atoms with Crippen LogP contribution in [0.15, 0.2) is 37.5 Å². The Balaban J connectivity index is 2.11. The Hall–Kier alpha value is -2.25. The van der Waals surface area contributed by atoms with Gasteiger partial charge < -0.3 is 20.5 Å². The molecule has 2 aromatic heterocycles. The van der Waals surface area contributed by atoms with Crippen LogP contribution in [0, 0.1) is 5.41 Å². The lowest BCUT2D eigenvalue weighted by Crippen LogP contribution is -2.32. The summed E-state index contributed by atoms with van der Waals surface area (Å²) >= 11 is 0.